The molecule has 0 bridgehead atoms. The van der Waals surface area contributed by atoms with Crippen LogP contribution < -0.4 is 0 Å². The van der Waals surface area contributed by atoms with Gasteiger partial charge in [-0.3, -0.25) is 14.9 Å². The first-order chi connectivity index (χ1) is 12.0. The molecule has 8 heteroatoms. The van der Waals surface area contributed by atoms with Gasteiger partial charge in [-0.1, -0.05) is 35.6 Å². The number of nitro groups is 1. The normalized spacial score (nSPS) is 14.5. The van der Waals surface area contributed by atoms with Gasteiger partial charge in [0.15, 0.2) is 6.10 Å². The van der Waals surface area contributed by atoms with E-state index in [0.29, 0.717) is 13.1 Å². The molecule has 2 aromatic rings. The van der Waals surface area contributed by atoms with Crippen LogP contribution in [0.15, 0.2) is 36.4 Å². The fraction of sp³-hybridized carbons (Fsp3) is 0.294. The highest BCUT2D eigenvalue weighted by Crippen LogP contribution is 2.25. The Morgan fingerprint density at radius 3 is 2.64 bits per heavy atom. The molecule has 1 aliphatic rings. The number of hydrogen-bond donors (Lipinski definition) is 0. The summed E-state index contributed by atoms with van der Waals surface area (Å²) in [6.45, 7) is 2.58. The molecule has 1 aromatic carbocycles. The van der Waals surface area contributed by atoms with Crippen LogP contribution in [0.2, 0.25) is 0 Å². The molecule has 1 atom stereocenters. The van der Waals surface area contributed by atoms with Crippen LogP contribution in [0.4, 0.5) is 5.00 Å². The third kappa shape index (κ3) is 3.69. The number of benzene rings is 1. The Hall–Kier alpha value is -2.74. The summed E-state index contributed by atoms with van der Waals surface area (Å²) in [4.78, 5) is 36.5. The predicted molar refractivity (Wildman–Crippen MR) is 91.4 cm³/mol. The molecular weight excluding hydrogens is 344 g/mol. The van der Waals surface area contributed by atoms with Crippen LogP contribution in [-0.2, 0) is 22.5 Å². The molecule has 0 saturated carbocycles. The van der Waals surface area contributed by atoms with Gasteiger partial charge in [-0.2, -0.15) is 0 Å². The SMILES string of the molecule is C[C@H](OC(=O)c1ccc([N+](=O)[O-])s1)C(=O)N1CCc2ccccc2C1. The molecule has 130 valence electrons. The Bertz CT molecular complexity index is 832. The minimum absolute atomic E-state index is 0.107. The van der Waals surface area contributed by atoms with Crippen molar-refractivity contribution in [2.75, 3.05) is 6.54 Å². The van der Waals surface area contributed by atoms with Crippen molar-refractivity contribution >= 4 is 28.2 Å². The monoisotopic (exact) mass is 360 g/mol. The van der Waals surface area contributed by atoms with Crippen molar-refractivity contribution in [3.63, 3.8) is 0 Å². The van der Waals surface area contributed by atoms with Crippen LogP contribution in [0.3, 0.4) is 0 Å². The molecule has 2 heterocycles. The minimum atomic E-state index is -0.945. The molecule has 25 heavy (non-hydrogen) atoms. The number of rotatable bonds is 4. The van der Waals surface area contributed by atoms with E-state index >= 15 is 0 Å². The minimum Gasteiger partial charge on any atom is -0.448 e. The summed E-state index contributed by atoms with van der Waals surface area (Å²) in [6, 6.07) is 10.5. The first-order valence-electron chi connectivity index (χ1n) is 7.76. The number of amides is 1. The van der Waals surface area contributed by atoms with E-state index in [4.69, 9.17) is 4.74 Å². The topological polar surface area (TPSA) is 89.7 Å². The van der Waals surface area contributed by atoms with Crippen molar-refractivity contribution in [2.24, 2.45) is 0 Å². The Kier molecular flexibility index (Phi) is 4.80. The predicted octanol–water partition coefficient (Wildman–Crippen LogP) is 2.79. The summed E-state index contributed by atoms with van der Waals surface area (Å²) in [7, 11) is 0. The summed E-state index contributed by atoms with van der Waals surface area (Å²) < 4.78 is 5.19. The molecule has 0 spiro atoms. The molecule has 1 amide bonds. The highest BCUT2D eigenvalue weighted by atomic mass is 32.1. The summed E-state index contributed by atoms with van der Waals surface area (Å²) in [5, 5.41) is 10.5. The van der Waals surface area contributed by atoms with Gasteiger partial charge < -0.3 is 9.64 Å². The molecule has 0 aliphatic carbocycles. The fourth-order valence-corrected chi connectivity index (χ4v) is 3.45. The zero-order valence-electron chi connectivity index (χ0n) is 13.5. The number of nitrogens with zero attached hydrogens (tertiary/aromatic N) is 2. The van der Waals surface area contributed by atoms with Gasteiger partial charge in [-0.15, -0.1) is 0 Å². The van der Waals surface area contributed by atoms with Gasteiger partial charge in [0.2, 0.25) is 0 Å². The second kappa shape index (κ2) is 7.02. The van der Waals surface area contributed by atoms with Crippen molar-refractivity contribution in [2.45, 2.75) is 26.0 Å². The Balaban J connectivity index is 1.63. The van der Waals surface area contributed by atoms with Crippen LogP contribution >= 0.6 is 11.3 Å². The molecule has 0 unspecified atom stereocenters. The van der Waals surface area contributed by atoms with Crippen LogP contribution in [0, 0.1) is 10.1 Å². The van der Waals surface area contributed by atoms with E-state index in [1.807, 2.05) is 24.3 Å². The molecule has 1 aliphatic heterocycles. The Morgan fingerprint density at radius 1 is 1.24 bits per heavy atom. The van der Waals surface area contributed by atoms with Crippen LogP contribution in [-0.4, -0.2) is 34.3 Å². The second-order valence-electron chi connectivity index (χ2n) is 5.72. The van der Waals surface area contributed by atoms with Crippen LogP contribution in [0.5, 0.6) is 0 Å². The maximum absolute atomic E-state index is 12.5. The van der Waals surface area contributed by atoms with Gasteiger partial charge in [-0.25, -0.2) is 4.79 Å². The van der Waals surface area contributed by atoms with E-state index in [-0.39, 0.29) is 15.8 Å². The lowest BCUT2D eigenvalue weighted by molar-refractivity contribution is -0.380. The summed E-state index contributed by atoms with van der Waals surface area (Å²) in [5.41, 5.74) is 2.32. The zero-order valence-corrected chi connectivity index (χ0v) is 14.3. The highest BCUT2D eigenvalue weighted by Gasteiger charge is 2.28. The Morgan fingerprint density at radius 2 is 1.96 bits per heavy atom. The van der Waals surface area contributed by atoms with Crippen LogP contribution in [0.25, 0.3) is 0 Å². The summed E-state index contributed by atoms with van der Waals surface area (Å²) in [6.07, 6.45) is -0.182. The fourth-order valence-electron chi connectivity index (χ4n) is 2.75. The molecule has 0 radical (unpaired) electrons. The van der Waals surface area contributed by atoms with E-state index < -0.39 is 17.0 Å². The van der Waals surface area contributed by atoms with Crippen molar-refractivity contribution in [3.05, 3.63) is 62.5 Å². The van der Waals surface area contributed by atoms with E-state index in [1.165, 1.54) is 24.6 Å². The molecular formula is C17H16N2O5S. The number of fused-ring (bicyclic) bond motifs is 1. The number of esters is 1. The standard InChI is InChI=1S/C17H16N2O5S/c1-11(24-17(21)14-6-7-15(25-14)19(22)23)16(20)18-9-8-12-4-2-3-5-13(12)10-18/h2-7,11H,8-10H2,1H3/t11-/m0/s1. The maximum Gasteiger partial charge on any atom is 0.349 e. The van der Waals surface area contributed by atoms with Gasteiger partial charge in [0.25, 0.3) is 5.91 Å². The molecule has 0 N–H and O–H groups in total. The molecule has 1 aromatic heterocycles. The van der Waals surface area contributed by atoms with Crippen molar-refractivity contribution in [1.82, 2.24) is 4.90 Å². The third-order valence-electron chi connectivity index (χ3n) is 4.05. The van der Waals surface area contributed by atoms with E-state index in [9.17, 15) is 19.7 Å². The number of carbonyl (C=O) groups is 2. The molecule has 0 fully saturated rings. The quantitative estimate of drug-likeness (QED) is 0.475. The van der Waals surface area contributed by atoms with Gasteiger partial charge in [-0.05, 0) is 30.5 Å². The van der Waals surface area contributed by atoms with E-state index in [0.717, 1.165) is 23.3 Å². The molecule has 3 rings (SSSR count). The summed E-state index contributed by atoms with van der Waals surface area (Å²) >= 11 is 0.731. The lowest BCUT2D eigenvalue weighted by atomic mass is 9.99. The van der Waals surface area contributed by atoms with Crippen molar-refractivity contribution in [1.29, 1.82) is 0 Å². The first-order valence-corrected chi connectivity index (χ1v) is 8.58. The van der Waals surface area contributed by atoms with E-state index in [2.05, 4.69) is 0 Å². The number of carbonyl (C=O) groups excluding carboxylic acids is 2. The van der Waals surface area contributed by atoms with Crippen molar-refractivity contribution < 1.29 is 19.2 Å². The van der Waals surface area contributed by atoms with Crippen LogP contribution in [0.1, 0.15) is 27.7 Å². The van der Waals surface area contributed by atoms with Gasteiger partial charge >= 0.3 is 11.0 Å². The lowest BCUT2D eigenvalue weighted by Gasteiger charge is -2.30. The van der Waals surface area contributed by atoms with E-state index in [1.54, 1.807) is 4.90 Å². The lowest BCUT2D eigenvalue weighted by Crippen LogP contribution is -2.42. The third-order valence-corrected chi connectivity index (χ3v) is 5.06. The second-order valence-corrected chi connectivity index (χ2v) is 6.78. The maximum atomic E-state index is 12.5. The summed E-state index contributed by atoms with van der Waals surface area (Å²) in [5.74, 6) is -0.995. The smallest absolute Gasteiger partial charge is 0.349 e. The van der Waals surface area contributed by atoms with Gasteiger partial charge in [0, 0.05) is 19.2 Å². The van der Waals surface area contributed by atoms with Crippen molar-refractivity contribution in [3.8, 4) is 0 Å². The number of ether oxygens (including phenoxy) is 1. The average Bonchev–Trinajstić information content (AvgIpc) is 3.11. The zero-order chi connectivity index (χ0) is 18.0. The first kappa shape index (κ1) is 17.1. The largest absolute Gasteiger partial charge is 0.448 e. The average molecular weight is 360 g/mol. The molecule has 7 nitrogen and oxygen atoms in total. The highest BCUT2D eigenvalue weighted by molar-refractivity contribution is 7.17. The Labute approximate surface area is 148 Å². The number of thiophene rings is 1. The van der Waals surface area contributed by atoms with Gasteiger partial charge in [0.1, 0.15) is 4.88 Å². The number of hydrogen-bond acceptors (Lipinski definition) is 6. The van der Waals surface area contributed by atoms with Gasteiger partial charge in [0.05, 0.1) is 4.92 Å². The molecule has 0 saturated heterocycles.